The van der Waals surface area contributed by atoms with Gasteiger partial charge >= 0.3 is 0 Å². The number of rotatable bonds is 4. The van der Waals surface area contributed by atoms with Gasteiger partial charge in [0, 0.05) is 17.3 Å². The molecule has 0 aromatic heterocycles. The van der Waals surface area contributed by atoms with Crippen LogP contribution in [0.4, 0.5) is 11.4 Å². The van der Waals surface area contributed by atoms with Gasteiger partial charge in [-0.15, -0.1) is 0 Å². The Balaban J connectivity index is 2.07. The molecule has 2 aromatic rings. The molecule has 102 valence electrons. The van der Waals surface area contributed by atoms with Gasteiger partial charge in [0.15, 0.2) is 0 Å². The minimum absolute atomic E-state index is 0.277. The maximum atomic E-state index is 10.1. The SMILES string of the molecule is N#Cc1ccc(Cl)cc1NCC(O)c1ccc(N)cc1. The maximum absolute atomic E-state index is 10.1. The Bertz CT molecular complexity index is 635. The number of aliphatic hydroxyl groups excluding tert-OH is 1. The van der Waals surface area contributed by atoms with Crippen molar-refractivity contribution in [3.63, 3.8) is 0 Å². The molecule has 4 N–H and O–H groups in total. The van der Waals surface area contributed by atoms with Crippen molar-refractivity contribution in [1.82, 2.24) is 0 Å². The third kappa shape index (κ3) is 3.41. The number of nitrogens with two attached hydrogens (primary N) is 1. The molecule has 0 spiro atoms. The average Bonchev–Trinajstić information content (AvgIpc) is 2.45. The van der Waals surface area contributed by atoms with E-state index in [1.54, 1.807) is 42.5 Å². The van der Waals surface area contributed by atoms with Crippen LogP contribution in [0.25, 0.3) is 0 Å². The molecule has 0 radical (unpaired) electrons. The number of anilines is 2. The molecule has 0 saturated carbocycles. The van der Waals surface area contributed by atoms with Crippen LogP contribution >= 0.6 is 11.6 Å². The molecule has 0 saturated heterocycles. The van der Waals surface area contributed by atoms with Crippen molar-refractivity contribution in [3.05, 3.63) is 58.6 Å². The summed E-state index contributed by atoms with van der Waals surface area (Å²) in [5.41, 5.74) is 8.09. The summed E-state index contributed by atoms with van der Waals surface area (Å²) in [6, 6.07) is 14.0. The minimum Gasteiger partial charge on any atom is -0.399 e. The topological polar surface area (TPSA) is 82.1 Å². The number of hydrogen-bond acceptors (Lipinski definition) is 4. The molecule has 20 heavy (non-hydrogen) atoms. The monoisotopic (exact) mass is 287 g/mol. The molecule has 0 aliphatic carbocycles. The van der Waals surface area contributed by atoms with Crippen molar-refractivity contribution in [2.24, 2.45) is 0 Å². The Morgan fingerprint density at radius 1 is 1.25 bits per heavy atom. The van der Waals surface area contributed by atoms with Crippen LogP contribution < -0.4 is 11.1 Å². The van der Waals surface area contributed by atoms with Gasteiger partial charge in [0.05, 0.1) is 17.4 Å². The molecule has 0 amide bonds. The summed E-state index contributed by atoms with van der Waals surface area (Å²) in [6.45, 7) is 0.277. The number of benzene rings is 2. The lowest BCUT2D eigenvalue weighted by Crippen LogP contribution is -2.13. The van der Waals surface area contributed by atoms with E-state index in [1.807, 2.05) is 0 Å². The standard InChI is InChI=1S/C15H14ClN3O/c16-12-4-1-11(8-17)14(7-12)19-9-15(20)10-2-5-13(18)6-3-10/h1-7,15,19-20H,9,18H2. The first-order chi connectivity index (χ1) is 9.60. The highest BCUT2D eigenvalue weighted by molar-refractivity contribution is 6.30. The molecule has 2 rings (SSSR count). The molecule has 5 heteroatoms. The zero-order valence-corrected chi connectivity index (χ0v) is 11.4. The first-order valence-corrected chi connectivity index (χ1v) is 6.45. The zero-order chi connectivity index (χ0) is 14.5. The number of nitrogens with one attached hydrogen (secondary N) is 1. The van der Waals surface area contributed by atoms with E-state index < -0.39 is 6.10 Å². The number of halogens is 1. The van der Waals surface area contributed by atoms with E-state index in [9.17, 15) is 5.11 Å². The number of hydrogen-bond donors (Lipinski definition) is 3. The summed E-state index contributed by atoms with van der Waals surface area (Å²) >= 11 is 5.90. The van der Waals surface area contributed by atoms with Crippen molar-refractivity contribution in [3.8, 4) is 6.07 Å². The predicted molar refractivity (Wildman–Crippen MR) is 80.5 cm³/mol. The van der Waals surface area contributed by atoms with Gasteiger partial charge in [0.25, 0.3) is 0 Å². The zero-order valence-electron chi connectivity index (χ0n) is 10.7. The van der Waals surface area contributed by atoms with E-state index in [1.165, 1.54) is 0 Å². The van der Waals surface area contributed by atoms with E-state index in [0.717, 1.165) is 5.56 Å². The van der Waals surface area contributed by atoms with Gasteiger partial charge in [-0.05, 0) is 35.9 Å². The van der Waals surface area contributed by atoms with E-state index in [4.69, 9.17) is 22.6 Å². The van der Waals surface area contributed by atoms with Crippen LogP contribution in [0.1, 0.15) is 17.2 Å². The van der Waals surface area contributed by atoms with Gasteiger partial charge < -0.3 is 16.2 Å². The van der Waals surface area contributed by atoms with Crippen LogP contribution in [0.15, 0.2) is 42.5 Å². The fraction of sp³-hybridized carbons (Fsp3) is 0.133. The number of nitrogen functional groups attached to an aromatic ring is 1. The molecule has 0 heterocycles. The average molecular weight is 288 g/mol. The quantitative estimate of drug-likeness (QED) is 0.755. The summed E-state index contributed by atoms with van der Waals surface area (Å²) < 4.78 is 0. The van der Waals surface area contributed by atoms with Crippen LogP contribution in [-0.4, -0.2) is 11.7 Å². The summed E-state index contributed by atoms with van der Waals surface area (Å²) in [6.07, 6.45) is -0.693. The molecule has 2 aromatic carbocycles. The molecule has 0 bridgehead atoms. The van der Waals surface area contributed by atoms with E-state index in [2.05, 4.69) is 11.4 Å². The van der Waals surface area contributed by atoms with Gasteiger partial charge in [-0.1, -0.05) is 23.7 Å². The Morgan fingerprint density at radius 2 is 1.95 bits per heavy atom. The first-order valence-electron chi connectivity index (χ1n) is 6.07. The van der Waals surface area contributed by atoms with Crippen LogP contribution in [0.5, 0.6) is 0 Å². The summed E-state index contributed by atoms with van der Waals surface area (Å²) in [5.74, 6) is 0. The van der Waals surface area contributed by atoms with Gasteiger partial charge in [-0.2, -0.15) is 5.26 Å². The second kappa shape index (κ2) is 6.29. The molecular weight excluding hydrogens is 274 g/mol. The summed E-state index contributed by atoms with van der Waals surface area (Å²) in [4.78, 5) is 0. The van der Waals surface area contributed by atoms with Gasteiger partial charge in [-0.25, -0.2) is 0 Å². The fourth-order valence-electron chi connectivity index (χ4n) is 1.80. The lowest BCUT2D eigenvalue weighted by Gasteiger charge is -2.14. The molecule has 1 atom stereocenters. The molecular formula is C15H14ClN3O. The largest absolute Gasteiger partial charge is 0.399 e. The highest BCUT2D eigenvalue weighted by Crippen LogP contribution is 2.22. The fourth-order valence-corrected chi connectivity index (χ4v) is 1.97. The van der Waals surface area contributed by atoms with E-state index >= 15 is 0 Å². The second-order valence-electron chi connectivity index (χ2n) is 4.37. The lowest BCUT2D eigenvalue weighted by molar-refractivity contribution is 0.191. The number of nitrogens with zero attached hydrogens (tertiary/aromatic N) is 1. The van der Waals surface area contributed by atoms with Crippen LogP contribution in [0.3, 0.4) is 0 Å². The maximum Gasteiger partial charge on any atom is 0.101 e. The van der Waals surface area contributed by atoms with Gasteiger partial charge in [0.1, 0.15) is 6.07 Å². The van der Waals surface area contributed by atoms with Crippen LogP contribution in [0, 0.1) is 11.3 Å². The third-order valence-electron chi connectivity index (χ3n) is 2.91. The van der Waals surface area contributed by atoms with Gasteiger partial charge in [-0.3, -0.25) is 0 Å². The molecule has 0 fully saturated rings. The third-order valence-corrected chi connectivity index (χ3v) is 3.14. The van der Waals surface area contributed by atoms with E-state index in [-0.39, 0.29) is 6.54 Å². The second-order valence-corrected chi connectivity index (χ2v) is 4.80. The first kappa shape index (κ1) is 14.2. The summed E-state index contributed by atoms with van der Waals surface area (Å²) in [7, 11) is 0. The van der Waals surface area contributed by atoms with Crippen molar-refractivity contribution in [2.75, 3.05) is 17.6 Å². The molecule has 4 nitrogen and oxygen atoms in total. The predicted octanol–water partition coefficient (Wildman–Crippen LogP) is 2.94. The highest BCUT2D eigenvalue weighted by Gasteiger charge is 2.09. The van der Waals surface area contributed by atoms with Crippen LogP contribution in [0.2, 0.25) is 5.02 Å². The highest BCUT2D eigenvalue weighted by atomic mass is 35.5. The van der Waals surface area contributed by atoms with Crippen molar-refractivity contribution in [2.45, 2.75) is 6.10 Å². The minimum atomic E-state index is -0.693. The molecule has 1 unspecified atom stereocenters. The summed E-state index contributed by atoms with van der Waals surface area (Å²) in [5, 5.41) is 22.7. The van der Waals surface area contributed by atoms with E-state index in [0.29, 0.717) is 22.0 Å². The Morgan fingerprint density at radius 3 is 2.60 bits per heavy atom. The Kier molecular flexibility index (Phi) is 4.46. The van der Waals surface area contributed by atoms with Crippen molar-refractivity contribution < 1.29 is 5.11 Å². The number of nitriles is 1. The number of aliphatic hydroxyl groups is 1. The van der Waals surface area contributed by atoms with Gasteiger partial charge in [0.2, 0.25) is 0 Å². The molecule has 0 aliphatic rings. The van der Waals surface area contributed by atoms with Crippen LogP contribution in [-0.2, 0) is 0 Å². The Hall–Kier alpha value is -2.22. The lowest BCUT2D eigenvalue weighted by atomic mass is 10.1. The Labute approximate surface area is 122 Å². The van der Waals surface area contributed by atoms with Crippen molar-refractivity contribution >= 4 is 23.0 Å². The normalized spacial score (nSPS) is 11.7. The molecule has 0 aliphatic heterocycles. The smallest absolute Gasteiger partial charge is 0.101 e. The van der Waals surface area contributed by atoms with Crippen molar-refractivity contribution in [1.29, 1.82) is 5.26 Å².